The molecule has 0 aliphatic carbocycles. The Hall–Kier alpha value is -2.26. The number of sulfone groups is 1. The van der Waals surface area contributed by atoms with Crippen LogP contribution in [0.15, 0.2) is 98.3 Å². The molecule has 1 heterocycles. The summed E-state index contributed by atoms with van der Waals surface area (Å²) in [4.78, 5) is 0.365. The number of hydrogen-bond donors (Lipinski definition) is 0. The van der Waals surface area contributed by atoms with Gasteiger partial charge in [-0.25, -0.2) is 16.8 Å². The minimum Gasteiger partial charge on any atom is -0.219 e. The third-order valence-electron chi connectivity index (χ3n) is 5.34. The molecule has 3 rings (SSSR count). The second-order valence-corrected chi connectivity index (χ2v) is 18.4. The maximum Gasteiger partial charge on any atom is 0.243 e. The first kappa shape index (κ1) is 25.4. The van der Waals surface area contributed by atoms with Crippen LogP contribution in [0.25, 0.3) is 0 Å². The highest BCUT2D eigenvalue weighted by atomic mass is 32.2. The zero-order chi connectivity index (χ0) is 24.6. The topological polar surface area (TPSA) is 71.5 Å². The van der Waals surface area contributed by atoms with E-state index in [1.807, 2.05) is 6.92 Å². The molecule has 0 fully saturated rings. The van der Waals surface area contributed by atoms with E-state index in [0.717, 1.165) is 5.56 Å². The van der Waals surface area contributed by atoms with E-state index < -0.39 is 27.9 Å². The first-order valence-electron chi connectivity index (χ1n) is 10.7. The molecule has 5 nitrogen and oxygen atoms in total. The van der Waals surface area contributed by atoms with E-state index in [4.69, 9.17) is 0 Å². The van der Waals surface area contributed by atoms with Gasteiger partial charge < -0.3 is 0 Å². The number of hydrogen-bond acceptors (Lipinski definition) is 4. The zero-order valence-electron chi connectivity index (χ0n) is 19.8. The van der Waals surface area contributed by atoms with Crippen molar-refractivity contribution in [2.45, 2.75) is 43.3 Å². The average molecular weight is 502 g/mol. The predicted octanol–water partition coefficient (Wildman–Crippen LogP) is 5.11. The molecular formula is C25H31NO4S2Si. The second-order valence-electron chi connectivity index (χ2n) is 9.52. The monoisotopic (exact) mass is 501 g/mol. The lowest BCUT2D eigenvalue weighted by atomic mass is 9.98. The van der Waals surface area contributed by atoms with Gasteiger partial charge in [-0.3, -0.25) is 0 Å². The Balaban J connectivity index is 2.27. The number of sulfonamides is 1. The van der Waals surface area contributed by atoms with Crippen molar-refractivity contribution in [1.82, 2.24) is 4.31 Å². The molecule has 0 spiro atoms. The van der Waals surface area contributed by atoms with Crippen LogP contribution in [0.3, 0.4) is 0 Å². The molecule has 0 amide bonds. The Morgan fingerprint density at radius 2 is 1.48 bits per heavy atom. The Kier molecular flexibility index (Phi) is 7.05. The van der Waals surface area contributed by atoms with E-state index in [2.05, 4.69) is 31.9 Å². The van der Waals surface area contributed by atoms with Gasteiger partial charge in [0.25, 0.3) is 0 Å². The van der Waals surface area contributed by atoms with Gasteiger partial charge in [0.05, 0.1) is 29.3 Å². The van der Waals surface area contributed by atoms with Crippen molar-refractivity contribution < 1.29 is 16.8 Å². The lowest BCUT2D eigenvalue weighted by molar-refractivity contribution is 0.455. The quantitative estimate of drug-likeness (QED) is 0.516. The van der Waals surface area contributed by atoms with E-state index in [-0.39, 0.29) is 27.8 Å². The number of allylic oxidation sites excluding steroid dienone is 1. The molecule has 2 aromatic carbocycles. The zero-order valence-corrected chi connectivity index (χ0v) is 22.4. The summed E-state index contributed by atoms with van der Waals surface area (Å²) in [6, 6.07) is 14.8. The molecule has 0 aromatic heterocycles. The molecular weight excluding hydrogens is 470 g/mol. The van der Waals surface area contributed by atoms with E-state index >= 15 is 0 Å². The summed E-state index contributed by atoms with van der Waals surface area (Å²) in [7, 11) is -9.68. The van der Waals surface area contributed by atoms with E-state index in [1.54, 1.807) is 49.4 Å². The molecule has 1 aliphatic rings. The van der Waals surface area contributed by atoms with Crippen LogP contribution in [0.1, 0.15) is 12.5 Å². The van der Waals surface area contributed by atoms with Gasteiger partial charge in [0.2, 0.25) is 19.9 Å². The Morgan fingerprint density at radius 3 is 2.00 bits per heavy atom. The van der Waals surface area contributed by atoms with Gasteiger partial charge >= 0.3 is 0 Å². The Morgan fingerprint density at radius 1 is 0.909 bits per heavy atom. The largest absolute Gasteiger partial charge is 0.243 e. The fourth-order valence-electron chi connectivity index (χ4n) is 3.89. The lowest BCUT2D eigenvalue weighted by Gasteiger charge is -2.33. The molecule has 0 unspecified atom stereocenters. The van der Waals surface area contributed by atoms with E-state index in [0.29, 0.717) is 16.7 Å². The summed E-state index contributed by atoms with van der Waals surface area (Å²) < 4.78 is 55.9. The highest BCUT2D eigenvalue weighted by Gasteiger charge is 2.38. The number of rotatable bonds is 6. The summed E-state index contributed by atoms with van der Waals surface area (Å²) in [5.74, 6) is 0. The smallest absolute Gasteiger partial charge is 0.219 e. The van der Waals surface area contributed by atoms with Gasteiger partial charge in [-0.05, 0) is 54.8 Å². The van der Waals surface area contributed by atoms with Crippen LogP contribution in [0.4, 0.5) is 0 Å². The number of benzene rings is 2. The first-order chi connectivity index (χ1) is 15.2. The van der Waals surface area contributed by atoms with Crippen LogP contribution in [0.5, 0.6) is 0 Å². The van der Waals surface area contributed by atoms with Crippen LogP contribution < -0.4 is 0 Å². The van der Waals surface area contributed by atoms with Crippen LogP contribution in [-0.2, 0) is 19.9 Å². The van der Waals surface area contributed by atoms with Crippen molar-refractivity contribution in [1.29, 1.82) is 0 Å². The SMILES string of the molecule is C=C(C)C1=C(S(=O)(=O)c2ccccc2)CN(S(=O)(=O)c2ccc(C)cc2)C/C1=C\[Si](C)(C)C. The lowest BCUT2D eigenvalue weighted by Crippen LogP contribution is -2.40. The van der Waals surface area contributed by atoms with E-state index in [9.17, 15) is 16.8 Å². The molecule has 176 valence electrons. The predicted molar refractivity (Wildman–Crippen MR) is 137 cm³/mol. The highest BCUT2D eigenvalue weighted by Crippen LogP contribution is 2.37. The van der Waals surface area contributed by atoms with Gasteiger partial charge in [0.1, 0.15) is 0 Å². The fraction of sp³-hybridized carbons (Fsp3) is 0.280. The van der Waals surface area contributed by atoms with Crippen molar-refractivity contribution in [2.24, 2.45) is 0 Å². The van der Waals surface area contributed by atoms with Gasteiger partial charge in [-0.1, -0.05) is 67.8 Å². The second kappa shape index (κ2) is 9.17. The molecule has 8 heteroatoms. The minimum absolute atomic E-state index is 0.0765. The summed E-state index contributed by atoms with van der Waals surface area (Å²) in [5.41, 5.74) is 4.90. The Labute approximate surface area is 199 Å². The maximum atomic E-state index is 13.7. The maximum absolute atomic E-state index is 13.7. The summed E-state index contributed by atoms with van der Waals surface area (Å²) in [5, 5.41) is 0. The minimum atomic E-state index is -3.94. The molecule has 0 saturated heterocycles. The summed E-state index contributed by atoms with van der Waals surface area (Å²) >= 11 is 0. The normalized spacial score (nSPS) is 17.4. The highest BCUT2D eigenvalue weighted by molar-refractivity contribution is 7.95. The van der Waals surface area contributed by atoms with Crippen LogP contribution in [0.2, 0.25) is 19.6 Å². The Bertz CT molecular complexity index is 1330. The van der Waals surface area contributed by atoms with Gasteiger partial charge in [0.15, 0.2) is 0 Å². The van der Waals surface area contributed by atoms with Crippen LogP contribution in [0, 0.1) is 6.92 Å². The molecule has 33 heavy (non-hydrogen) atoms. The van der Waals surface area contributed by atoms with Crippen molar-refractivity contribution in [3.8, 4) is 0 Å². The number of nitrogens with zero attached hydrogens (tertiary/aromatic N) is 1. The standard InChI is InChI=1S/C25H31NO4S2Si/c1-19(2)25-21(18-33(4,5)6)16-26(32(29,30)23-14-12-20(3)13-15-23)17-24(25)31(27,28)22-10-8-7-9-11-22/h7-15,18H,1,16-17H2,2-6H3/b21-18+. The third-order valence-corrected chi connectivity index (χ3v) is 10.2. The van der Waals surface area contributed by atoms with Gasteiger partial charge in [-0.15, -0.1) is 0 Å². The molecule has 0 atom stereocenters. The summed E-state index contributed by atoms with van der Waals surface area (Å²) in [6.07, 6.45) is 0. The van der Waals surface area contributed by atoms with Crippen molar-refractivity contribution in [3.05, 3.63) is 94.1 Å². The molecule has 0 radical (unpaired) electrons. The van der Waals surface area contributed by atoms with Crippen molar-refractivity contribution in [2.75, 3.05) is 13.1 Å². The van der Waals surface area contributed by atoms with Gasteiger partial charge in [0, 0.05) is 6.54 Å². The molecule has 0 bridgehead atoms. The molecule has 0 saturated carbocycles. The van der Waals surface area contributed by atoms with E-state index in [1.165, 1.54) is 16.4 Å². The third kappa shape index (κ3) is 5.46. The molecule has 0 N–H and O–H groups in total. The fourth-order valence-corrected chi connectivity index (χ4v) is 8.34. The molecule has 2 aromatic rings. The van der Waals surface area contributed by atoms with Crippen molar-refractivity contribution >= 4 is 27.9 Å². The van der Waals surface area contributed by atoms with Gasteiger partial charge in [-0.2, -0.15) is 4.31 Å². The molecule has 1 aliphatic heterocycles. The average Bonchev–Trinajstić information content (AvgIpc) is 2.72. The van der Waals surface area contributed by atoms with Crippen LogP contribution in [-0.4, -0.2) is 42.3 Å². The summed E-state index contributed by atoms with van der Waals surface area (Å²) in [6.45, 7) is 14.0. The van der Waals surface area contributed by atoms with Crippen LogP contribution >= 0.6 is 0 Å². The number of aryl methyl sites for hydroxylation is 1. The van der Waals surface area contributed by atoms with Crippen molar-refractivity contribution in [3.63, 3.8) is 0 Å². The first-order valence-corrected chi connectivity index (χ1v) is 17.2.